The highest BCUT2D eigenvalue weighted by atomic mass is 16.5. The second kappa shape index (κ2) is 5.45. The summed E-state index contributed by atoms with van der Waals surface area (Å²) in [5, 5.41) is 0. The highest BCUT2D eigenvalue weighted by Gasteiger charge is 2.27. The zero-order valence-electron chi connectivity index (χ0n) is 13.0. The number of nitrogens with zero attached hydrogens (tertiary/aromatic N) is 4. The Bertz CT molecular complexity index is 1010. The first-order chi connectivity index (χ1) is 11.6. The van der Waals surface area contributed by atoms with Crippen molar-refractivity contribution in [3.8, 4) is 5.75 Å². The van der Waals surface area contributed by atoms with Crippen LogP contribution < -0.4 is 15.2 Å². The van der Waals surface area contributed by atoms with Crippen molar-refractivity contribution in [2.45, 2.75) is 13.5 Å². The summed E-state index contributed by atoms with van der Waals surface area (Å²) in [6.07, 6.45) is 3.29. The third kappa shape index (κ3) is 2.40. The molecule has 120 valence electrons. The second-order valence-corrected chi connectivity index (χ2v) is 5.61. The van der Waals surface area contributed by atoms with Gasteiger partial charge in [-0.05, 0) is 36.8 Å². The monoisotopic (exact) mass is 322 g/mol. The van der Waals surface area contributed by atoms with Gasteiger partial charge in [0.2, 0.25) is 0 Å². The number of anilines is 1. The lowest BCUT2D eigenvalue weighted by atomic mass is 10.2. The highest BCUT2D eigenvalue weighted by molar-refractivity contribution is 5.96. The van der Waals surface area contributed by atoms with Crippen molar-refractivity contribution in [3.63, 3.8) is 0 Å². The minimum Gasteiger partial charge on any atom is -0.480 e. The van der Waals surface area contributed by atoms with E-state index in [1.165, 1.54) is 15.4 Å². The normalized spacial score (nSPS) is 13.7. The molecule has 4 rings (SSSR count). The molecule has 0 saturated carbocycles. The fourth-order valence-electron chi connectivity index (χ4n) is 2.69. The fraction of sp³-hybridized carbons (Fsp3) is 0.176. The second-order valence-electron chi connectivity index (χ2n) is 5.61. The van der Waals surface area contributed by atoms with Crippen LogP contribution in [0.2, 0.25) is 0 Å². The average Bonchev–Trinajstić information content (AvgIpc) is 2.57. The molecule has 1 aliphatic rings. The van der Waals surface area contributed by atoms with E-state index in [1.54, 1.807) is 24.5 Å². The summed E-state index contributed by atoms with van der Waals surface area (Å²) in [6.45, 7) is 2.06. The topological polar surface area (TPSA) is 76.8 Å². The molecule has 0 saturated heterocycles. The molecule has 0 N–H and O–H groups in total. The average molecular weight is 322 g/mol. The predicted molar refractivity (Wildman–Crippen MR) is 87.1 cm³/mol. The lowest BCUT2D eigenvalue weighted by Gasteiger charge is -2.27. The van der Waals surface area contributed by atoms with Crippen LogP contribution in [0.25, 0.3) is 5.65 Å². The molecule has 3 aromatic heterocycles. The van der Waals surface area contributed by atoms with Crippen molar-refractivity contribution in [1.29, 1.82) is 0 Å². The van der Waals surface area contributed by atoms with Gasteiger partial charge in [-0.25, -0.2) is 9.97 Å². The van der Waals surface area contributed by atoms with Gasteiger partial charge in [0.15, 0.2) is 18.2 Å². The Hall–Kier alpha value is -3.22. The summed E-state index contributed by atoms with van der Waals surface area (Å²) < 4.78 is 6.85. The largest absolute Gasteiger partial charge is 0.480 e. The minimum absolute atomic E-state index is 0.0512. The molecule has 7 nitrogen and oxygen atoms in total. The Labute approximate surface area is 137 Å². The van der Waals surface area contributed by atoms with Crippen LogP contribution in [0.1, 0.15) is 11.3 Å². The molecule has 0 bridgehead atoms. The number of rotatable bonds is 2. The first-order valence-electron chi connectivity index (χ1n) is 7.49. The molecule has 7 heteroatoms. The molecule has 4 heterocycles. The van der Waals surface area contributed by atoms with Crippen LogP contribution in [0.5, 0.6) is 5.75 Å². The summed E-state index contributed by atoms with van der Waals surface area (Å²) in [4.78, 5) is 34.7. The van der Waals surface area contributed by atoms with Crippen molar-refractivity contribution >= 4 is 17.4 Å². The number of carbonyl (C=O) groups excluding carboxylic acids is 1. The van der Waals surface area contributed by atoms with E-state index < -0.39 is 0 Å². The number of aromatic nitrogens is 3. The van der Waals surface area contributed by atoms with Gasteiger partial charge in [0.05, 0.1) is 12.2 Å². The Morgan fingerprint density at radius 3 is 3.00 bits per heavy atom. The summed E-state index contributed by atoms with van der Waals surface area (Å²) in [7, 11) is 0. The number of fused-ring (bicyclic) bond motifs is 2. The van der Waals surface area contributed by atoms with E-state index in [0.29, 0.717) is 22.9 Å². The van der Waals surface area contributed by atoms with Crippen molar-refractivity contribution in [2.24, 2.45) is 0 Å². The quantitative estimate of drug-likeness (QED) is 0.711. The number of aryl methyl sites for hydroxylation is 1. The van der Waals surface area contributed by atoms with Crippen molar-refractivity contribution < 1.29 is 9.53 Å². The molecule has 1 aliphatic heterocycles. The lowest BCUT2D eigenvalue weighted by molar-refractivity contribution is -0.121. The number of hydrogen-bond donors (Lipinski definition) is 0. The van der Waals surface area contributed by atoms with E-state index in [9.17, 15) is 9.59 Å². The fourth-order valence-corrected chi connectivity index (χ4v) is 2.69. The molecule has 0 spiro atoms. The Balaban J connectivity index is 1.77. The molecule has 3 aromatic rings. The molecule has 1 amide bonds. The van der Waals surface area contributed by atoms with E-state index in [-0.39, 0.29) is 24.6 Å². The van der Waals surface area contributed by atoms with Crippen LogP contribution in [0.3, 0.4) is 0 Å². The van der Waals surface area contributed by atoms with E-state index >= 15 is 0 Å². The molecule has 0 radical (unpaired) electrons. The molecule has 0 aliphatic carbocycles. The maximum absolute atomic E-state index is 12.3. The van der Waals surface area contributed by atoms with Gasteiger partial charge in [0.25, 0.3) is 11.5 Å². The number of ether oxygens (including phenoxy) is 1. The molecule has 0 aromatic carbocycles. The van der Waals surface area contributed by atoms with Gasteiger partial charge in [0.1, 0.15) is 5.65 Å². The van der Waals surface area contributed by atoms with Gasteiger partial charge in [0, 0.05) is 18.5 Å². The van der Waals surface area contributed by atoms with E-state index in [0.717, 1.165) is 5.56 Å². The third-order valence-electron chi connectivity index (χ3n) is 3.85. The van der Waals surface area contributed by atoms with E-state index in [2.05, 4.69) is 9.97 Å². The first kappa shape index (κ1) is 14.4. The number of hydrogen-bond acceptors (Lipinski definition) is 5. The van der Waals surface area contributed by atoms with E-state index in [4.69, 9.17) is 4.74 Å². The van der Waals surface area contributed by atoms with Crippen molar-refractivity contribution in [3.05, 3.63) is 64.3 Å². The van der Waals surface area contributed by atoms with E-state index in [1.807, 2.05) is 19.1 Å². The Morgan fingerprint density at radius 2 is 2.12 bits per heavy atom. The van der Waals surface area contributed by atoms with Crippen molar-refractivity contribution in [2.75, 3.05) is 11.5 Å². The number of carbonyl (C=O) groups is 1. The van der Waals surface area contributed by atoms with Crippen LogP contribution in [-0.4, -0.2) is 26.9 Å². The smallest absolute Gasteiger partial charge is 0.266 e. The van der Waals surface area contributed by atoms with Crippen LogP contribution in [0.4, 0.5) is 5.82 Å². The molecular formula is C17H14N4O3. The highest BCUT2D eigenvalue weighted by Crippen LogP contribution is 2.29. The maximum Gasteiger partial charge on any atom is 0.266 e. The molecule has 0 unspecified atom stereocenters. The predicted octanol–water partition coefficient (Wildman–Crippen LogP) is 1.32. The number of amides is 1. The van der Waals surface area contributed by atoms with Crippen molar-refractivity contribution in [1.82, 2.24) is 14.4 Å². The summed E-state index contributed by atoms with van der Waals surface area (Å²) >= 11 is 0. The first-order valence-corrected chi connectivity index (χ1v) is 7.49. The standard InChI is InChI=1S/C17H14N4O3/c1-11-4-6-20-14(7-11)19-12(8-15(20)22)9-21-16(23)10-24-13-3-2-5-18-17(13)21/h2-8H,9-10H2,1H3. The van der Waals surface area contributed by atoms with Crippen LogP contribution >= 0.6 is 0 Å². The van der Waals surface area contributed by atoms with Crippen LogP contribution in [0.15, 0.2) is 47.5 Å². The third-order valence-corrected chi connectivity index (χ3v) is 3.85. The molecule has 0 atom stereocenters. The lowest BCUT2D eigenvalue weighted by Crippen LogP contribution is -2.39. The van der Waals surface area contributed by atoms with Gasteiger partial charge >= 0.3 is 0 Å². The SMILES string of the molecule is Cc1ccn2c(=O)cc(CN3C(=O)COc4cccnc43)nc2c1. The zero-order valence-corrected chi connectivity index (χ0v) is 13.0. The van der Waals surface area contributed by atoms with Gasteiger partial charge in [-0.1, -0.05) is 0 Å². The number of pyridine rings is 2. The summed E-state index contributed by atoms with van der Waals surface area (Å²) in [5.41, 5.74) is 1.89. The van der Waals surface area contributed by atoms with Gasteiger partial charge in [-0.15, -0.1) is 0 Å². The molecule has 24 heavy (non-hydrogen) atoms. The molecule has 0 fully saturated rings. The van der Waals surface area contributed by atoms with Crippen LogP contribution in [-0.2, 0) is 11.3 Å². The minimum atomic E-state index is -0.215. The molecular weight excluding hydrogens is 308 g/mol. The maximum atomic E-state index is 12.3. The van der Waals surface area contributed by atoms with Gasteiger partial charge in [-0.3, -0.25) is 18.9 Å². The Morgan fingerprint density at radius 1 is 1.25 bits per heavy atom. The van der Waals surface area contributed by atoms with Gasteiger partial charge in [-0.2, -0.15) is 0 Å². The Kier molecular flexibility index (Phi) is 3.26. The summed E-state index contributed by atoms with van der Waals surface area (Å²) in [5.74, 6) is 0.776. The van der Waals surface area contributed by atoms with Gasteiger partial charge < -0.3 is 4.74 Å². The van der Waals surface area contributed by atoms with Crippen LogP contribution in [0, 0.1) is 6.92 Å². The summed E-state index contributed by atoms with van der Waals surface area (Å²) in [6, 6.07) is 8.62. The zero-order chi connectivity index (χ0) is 16.7.